The second kappa shape index (κ2) is 8.30. The molecule has 0 aliphatic carbocycles. The molecule has 0 aromatic rings. The van der Waals surface area contributed by atoms with Crippen LogP contribution >= 0.6 is 0 Å². The fraction of sp³-hybridized carbons (Fsp3) is 0.833. The Hall–Kier alpha value is -1.19. The first-order chi connectivity index (χ1) is 9.80. The van der Waals surface area contributed by atoms with Crippen molar-refractivity contribution in [3.8, 4) is 0 Å². The standard InChI is InChI=1S/C12H24N4O4S/c13-11(17)3-7-21(19,20)8-6-16(9-12(14)18)10-1-4-15-5-2-10/h10,15H,1-9H2,(H2,13,17)(H2,14,18). The Morgan fingerprint density at radius 1 is 1.10 bits per heavy atom. The first-order valence-corrected chi connectivity index (χ1v) is 8.84. The zero-order chi connectivity index (χ0) is 15.9. The summed E-state index contributed by atoms with van der Waals surface area (Å²) in [6, 6.07) is 0.157. The molecule has 0 atom stereocenters. The molecule has 1 saturated heterocycles. The molecule has 0 spiro atoms. The molecule has 2 amide bonds. The zero-order valence-corrected chi connectivity index (χ0v) is 12.9. The van der Waals surface area contributed by atoms with E-state index in [1.807, 2.05) is 4.90 Å². The van der Waals surface area contributed by atoms with Crippen LogP contribution in [0.25, 0.3) is 0 Å². The van der Waals surface area contributed by atoms with E-state index in [9.17, 15) is 18.0 Å². The van der Waals surface area contributed by atoms with E-state index in [2.05, 4.69) is 5.32 Å². The lowest BCUT2D eigenvalue weighted by Gasteiger charge is -2.33. The minimum Gasteiger partial charge on any atom is -0.370 e. The van der Waals surface area contributed by atoms with Gasteiger partial charge in [0.15, 0.2) is 9.84 Å². The third-order valence-electron chi connectivity index (χ3n) is 3.53. The van der Waals surface area contributed by atoms with Gasteiger partial charge in [-0.3, -0.25) is 14.5 Å². The summed E-state index contributed by atoms with van der Waals surface area (Å²) in [5, 5.41) is 3.22. The number of carbonyl (C=O) groups excluding carboxylic acids is 2. The largest absolute Gasteiger partial charge is 0.370 e. The van der Waals surface area contributed by atoms with Gasteiger partial charge in [-0.05, 0) is 25.9 Å². The average Bonchev–Trinajstić information content (AvgIpc) is 2.42. The second-order valence-electron chi connectivity index (χ2n) is 5.29. The molecule has 0 radical (unpaired) electrons. The SMILES string of the molecule is NC(=O)CCS(=O)(=O)CCN(CC(N)=O)C1CCNCC1. The Morgan fingerprint density at radius 2 is 1.71 bits per heavy atom. The average molecular weight is 320 g/mol. The molecular weight excluding hydrogens is 296 g/mol. The number of nitrogens with one attached hydrogen (secondary N) is 1. The van der Waals surface area contributed by atoms with E-state index in [1.54, 1.807) is 0 Å². The molecule has 21 heavy (non-hydrogen) atoms. The van der Waals surface area contributed by atoms with Gasteiger partial charge in [0.25, 0.3) is 0 Å². The van der Waals surface area contributed by atoms with Crippen molar-refractivity contribution < 1.29 is 18.0 Å². The van der Waals surface area contributed by atoms with Crippen LogP contribution in [0.1, 0.15) is 19.3 Å². The Morgan fingerprint density at radius 3 is 2.24 bits per heavy atom. The highest BCUT2D eigenvalue weighted by Crippen LogP contribution is 2.12. The maximum Gasteiger partial charge on any atom is 0.231 e. The van der Waals surface area contributed by atoms with Crippen LogP contribution in [0, 0.1) is 0 Å². The molecule has 5 N–H and O–H groups in total. The summed E-state index contributed by atoms with van der Waals surface area (Å²) in [6.07, 6.45) is 1.54. The van der Waals surface area contributed by atoms with Gasteiger partial charge in [-0.2, -0.15) is 0 Å². The van der Waals surface area contributed by atoms with Crippen molar-refractivity contribution >= 4 is 21.7 Å². The van der Waals surface area contributed by atoms with E-state index in [-0.39, 0.29) is 37.1 Å². The van der Waals surface area contributed by atoms with Gasteiger partial charge in [0.2, 0.25) is 11.8 Å². The van der Waals surface area contributed by atoms with E-state index >= 15 is 0 Å². The number of amides is 2. The number of rotatable bonds is 9. The number of nitrogens with zero attached hydrogens (tertiary/aromatic N) is 1. The highest BCUT2D eigenvalue weighted by molar-refractivity contribution is 7.91. The minimum atomic E-state index is -3.36. The van der Waals surface area contributed by atoms with Crippen molar-refractivity contribution in [2.24, 2.45) is 11.5 Å². The zero-order valence-electron chi connectivity index (χ0n) is 12.1. The number of hydrogen-bond acceptors (Lipinski definition) is 6. The number of piperidine rings is 1. The molecular formula is C12H24N4O4S. The fourth-order valence-corrected chi connectivity index (χ4v) is 3.61. The predicted molar refractivity (Wildman–Crippen MR) is 79.1 cm³/mol. The maximum atomic E-state index is 11.8. The first-order valence-electron chi connectivity index (χ1n) is 7.02. The van der Waals surface area contributed by atoms with Crippen LogP contribution in [0.2, 0.25) is 0 Å². The van der Waals surface area contributed by atoms with Gasteiger partial charge in [0, 0.05) is 19.0 Å². The molecule has 9 heteroatoms. The number of primary amides is 2. The van der Waals surface area contributed by atoms with Crippen molar-refractivity contribution in [2.75, 3.05) is 37.7 Å². The van der Waals surface area contributed by atoms with Crippen LogP contribution in [-0.4, -0.2) is 68.9 Å². The van der Waals surface area contributed by atoms with E-state index in [4.69, 9.17) is 11.5 Å². The first kappa shape index (κ1) is 17.9. The topological polar surface area (TPSA) is 136 Å². The Kier molecular flexibility index (Phi) is 7.06. The smallest absolute Gasteiger partial charge is 0.231 e. The molecule has 1 fully saturated rings. The summed E-state index contributed by atoms with van der Waals surface area (Å²) in [5.41, 5.74) is 10.2. The van der Waals surface area contributed by atoms with Gasteiger partial charge in [-0.1, -0.05) is 0 Å². The molecule has 0 saturated carbocycles. The molecule has 0 bridgehead atoms. The highest BCUT2D eigenvalue weighted by atomic mass is 32.2. The quantitative estimate of drug-likeness (QED) is 0.442. The van der Waals surface area contributed by atoms with E-state index in [1.165, 1.54) is 0 Å². The highest BCUT2D eigenvalue weighted by Gasteiger charge is 2.24. The molecule has 8 nitrogen and oxygen atoms in total. The number of carbonyl (C=O) groups is 2. The van der Waals surface area contributed by atoms with Crippen LogP contribution in [0.15, 0.2) is 0 Å². The van der Waals surface area contributed by atoms with Crippen LogP contribution in [0.5, 0.6) is 0 Å². The van der Waals surface area contributed by atoms with Gasteiger partial charge in [-0.15, -0.1) is 0 Å². The van der Waals surface area contributed by atoms with Crippen LogP contribution < -0.4 is 16.8 Å². The van der Waals surface area contributed by atoms with Crippen LogP contribution in [0.3, 0.4) is 0 Å². The third kappa shape index (κ3) is 7.39. The Labute approximate surface area is 125 Å². The van der Waals surface area contributed by atoms with Crippen molar-refractivity contribution in [1.82, 2.24) is 10.2 Å². The normalized spacial score (nSPS) is 17.0. The molecule has 1 aliphatic heterocycles. The summed E-state index contributed by atoms with van der Waals surface area (Å²) >= 11 is 0. The summed E-state index contributed by atoms with van der Waals surface area (Å²) < 4.78 is 23.7. The molecule has 0 unspecified atom stereocenters. The maximum absolute atomic E-state index is 11.8. The van der Waals surface area contributed by atoms with E-state index in [0.29, 0.717) is 0 Å². The molecule has 1 aliphatic rings. The lowest BCUT2D eigenvalue weighted by molar-refractivity contribution is -0.120. The van der Waals surface area contributed by atoms with Crippen molar-refractivity contribution in [1.29, 1.82) is 0 Å². The molecule has 122 valence electrons. The van der Waals surface area contributed by atoms with Crippen LogP contribution in [-0.2, 0) is 19.4 Å². The van der Waals surface area contributed by atoms with Crippen molar-refractivity contribution in [3.63, 3.8) is 0 Å². The van der Waals surface area contributed by atoms with Gasteiger partial charge in [-0.25, -0.2) is 8.42 Å². The fourth-order valence-electron chi connectivity index (χ4n) is 2.38. The summed E-state index contributed by atoms with van der Waals surface area (Å²) in [4.78, 5) is 23.6. The Balaban J connectivity index is 2.55. The van der Waals surface area contributed by atoms with Gasteiger partial charge >= 0.3 is 0 Å². The molecule has 0 aromatic carbocycles. The summed E-state index contributed by atoms with van der Waals surface area (Å²) in [6.45, 7) is 1.98. The molecule has 1 heterocycles. The molecule has 1 rings (SSSR count). The van der Waals surface area contributed by atoms with E-state index in [0.717, 1.165) is 25.9 Å². The lowest BCUT2D eigenvalue weighted by atomic mass is 10.0. The number of hydrogen-bond donors (Lipinski definition) is 3. The van der Waals surface area contributed by atoms with Crippen molar-refractivity contribution in [3.05, 3.63) is 0 Å². The number of nitrogens with two attached hydrogens (primary N) is 2. The van der Waals surface area contributed by atoms with E-state index < -0.39 is 21.7 Å². The van der Waals surface area contributed by atoms with Gasteiger partial charge in [0.05, 0.1) is 18.1 Å². The van der Waals surface area contributed by atoms with Crippen LogP contribution in [0.4, 0.5) is 0 Å². The predicted octanol–water partition coefficient (Wildman–Crippen LogP) is -2.18. The summed E-state index contributed by atoms with van der Waals surface area (Å²) in [7, 11) is -3.36. The second-order valence-corrected chi connectivity index (χ2v) is 7.59. The van der Waals surface area contributed by atoms with Gasteiger partial charge < -0.3 is 16.8 Å². The van der Waals surface area contributed by atoms with Gasteiger partial charge in [0.1, 0.15) is 0 Å². The lowest BCUT2D eigenvalue weighted by Crippen LogP contribution is -2.48. The van der Waals surface area contributed by atoms with Crippen molar-refractivity contribution in [2.45, 2.75) is 25.3 Å². The monoisotopic (exact) mass is 320 g/mol. The molecule has 0 aromatic heterocycles. The Bertz CT molecular complexity index is 460. The minimum absolute atomic E-state index is 0.0516. The summed E-state index contributed by atoms with van der Waals surface area (Å²) in [5.74, 6) is -1.45. The third-order valence-corrected chi connectivity index (χ3v) is 5.16. The number of sulfone groups is 1.